The largest absolute Gasteiger partial charge is 0.316 e. The fourth-order valence-corrected chi connectivity index (χ4v) is 3.43. The molecule has 0 bridgehead atoms. The Hall–Kier alpha value is -1.40. The lowest BCUT2D eigenvalue weighted by Crippen LogP contribution is -2.02. The molecule has 0 unspecified atom stereocenters. The van der Waals surface area contributed by atoms with Crippen LogP contribution in [0.4, 0.5) is 0 Å². The van der Waals surface area contributed by atoms with Crippen LogP contribution in [0.1, 0.15) is 5.56 Å². The third-order valence-corrected chi connectivity index (χ3v) is 4.36. The predicted octanol–water partition coefficient (Wildman–Crippen LogP) is 2.97. The van der Waals surface area contributed by atoms with Crippen LogP contribution >= 0.6 is 0 Å². The molecule has 1 N–H and O–H groups in total. The van der Waals surface area contributed by atoms with Crippen LogP contribution in [0.3, 0.4) is 0 Å². The van der Waals surface area contributed by atoms with Gasteiger partial charge in [-0.25, -0.2) is 0 Å². The van der Waals surface area contributed by atoms with Gasteiger partial charge in [0.25, 0.3) is 10.1 Å². The van der Waals surface area contributed by atoms with Crippen LogP contribution < -0.4 is 0 Å². The molecule has 3 aromatic carbocycles. The molecule has 0 spiro atoms. The van der Waals surface area contributed by atoms with E-state index in [2.05, 4.69) is 6.58 Å². The lowest BCUT2D eigenvalue weighted by atomic mass is 10.00. The number of fused-ring (bicyclic) bond motifs is 3. The number of benzene rings is 3. The fraction of sp³-hybridized carbons (Fsp3) is 0. The van der Waals surface area contributed by atoms with Crippen molar-refractivity contribution in [2.24, 2.45) is 0 Å². The molecule has 0 aromatic heterocycles. The first-order valence-corrected chi connectivity index (χ1v) is 7.51. The molecule has 3 rings (SSSR count). The van der Waals surface area contributed by atoms with E-state index in [4.69, 9.17) is 0 Å². The summed E-state index contributed by atoms with van der Waals surface area (Å²) in [5, 5.41) is 3.27. The van der Waals surface area contributed by atoms with Crippen molar-refractivity contribution in [2.75, 3.05) is 0 Å². The summed E-state index contributed by atoms with van der Waals surface area (Å²) in [6.45, 7) is 3.60. The first-order chi connectivity index (χ1) is 9.52. The molecule has 104 valence electrons. The van der Waals surface area contributed by atoms with Crippen LogP contribution in [0.5, 0.6) is 0 Å². The smallest absolute Gasteiger partial charge is 0.282 e. The Morgan fingerprint density at radius 3 is 2.24 bits per heavy atom. The molecule has 0 saturated heterocycles. The number of rotatable bonds is 2. The van der Waals surface area contributed by atoms with Gasteiger partial charge < -0.3 is 0 Å². The third kappa shape index (κ3) is 2.69. The molecule has 3 nitrogen and oxygen atoms in total. The summed E-state index contributed by atoms with van der Waals surface area (Å²) in [7, 11) is -4.31. The van der Waals surface area contributed by atoms with E-state index in [1.807, 2.05) is 36.4 Å². The highest BCUT2D eigenvalue weighted by Crippen LogP contribution is 2.32. The molecule has 0 saturated carbocycles. The van der Waals surface area contributed by atoms with Gasteiger partial charge in [0.05, 0.1) is 0 Å². The molecule has 0 amide bonds. The Bertz CT molecular complexity index is 946. The topological polar surface area (TPSA) is 54.4 Å². The maximum absolute atomic E-state index is 11.7. The van der Waals surface area contributed by atoms with Crippen molar-refractivity contribution in [1.82, 2.24) is 0 Å². The third-order valence-electron chi connectivity index (χ3n) is 3.38. The van der Waals surface area contributed by atoms with Gasteiger partial charge >= 0.3 is 23.1 Å². The van der Waals surface area contributed by atoms with Gasteiger partial charge in [0.15, 0.2) is 0 Å². The minimum absolute atomic E-state index is 0. The minimum Gasteiger partial charge on any atom is -0.282 e. The molecule has 5 heteroatoms. The number of hydrogen-bond donors (Lipinski definition) is 1. The summed E-state index contributed by atoms with van der Waals surface area (Å²) >= 11 is 0. The SMILES string of the molecule is C=Cc1ccc2c(ccc3ccccc32)c1S(=O)(=O)O.[MgH2]. The van der Waals surface area contributed by atoms with Gasteiger partial charge in [-0.2, -0.15) is 8.42 Å². The molecular formula is C16H14MgO3S. The van der Waals surface area contributed by atoms with Crippen LogP contribution in [0.15, 0.2) is 60.0 Å². The Kier molecular flexibility index (Phi) is 4.39. The van der Waals surface area contributed by atoms with Gasteiger partial charge in [0, 0.05) is 5.39 Å². The van der Waals surface area contributed by atoms with Crippen molar-refractivity contribution in [3.8, 4) is 0 Å². The molecule has 0 atom stereocenters. The highest BCUT2D eigenvalue weighted by molar-refractivity contribution is 7.86. The molecule has 0 fully saturated rings. The zero-order valence-corrected chi connectivity index (χ0v) is 11.4. The maximum Gasteiger partial charge on any atom is 0.316 e. The highest BCUT2D eigenvalue weighted by Gasteiger charge is 2.18. The molecule has 0 heterocycles. The van der Waals surface area contributed by atoms with Crippen LogP contribution in [0.2, 0.25) is 0 Å². The van der Waals surface area contributed by atoms with E-state index in [0.29, 0.717) is 10.9 Å². The zero-order chi connectivity index (χ0) is 14.3. The van der Waals surface area contributed by atoms with Crippen LogP contribution in [-0.2, 0) is 10.1 Å². The molecule has 0 aliphatic carbocycles. The average molecular weight is 311 g/mol. The van der Waals surface area contributed by atoms with E-state index in [0.717, 1.165) is 16.2 Å². The Morgan fingerprint density at radius 2 is 1.57 bits per heavy atom. The van der Waals surface area contributed by atoms with Crippen molar-refractivity contribution < 1.29 is 13.0 Å². The standard InChI is InChI=1S/C16H12O3S.Mg.2H/c1-2-11-7-9-14-13-6-4-3-5-12(13)8-10-15(14)16(11)20(17,18)19;;;/h2-10H,1H2,(H,17,18,19);;;. The molecule has 0 aliphatic rings. The van der Waals surface area contributed by atoms with Gasteiger partial charge in [0.2, 0.25) is 0 Å². The summed E-state index contributed by atoms with van der Waals surface area (Å²) in [6, 6.07) is 14.8. The average Bonchev–Trinajstić information content (AvgIpc) is 2.44. The quantitative estimate of drug-likeness (QED) is 0.450. The molecule has 0 aliphatic heterocycles. The van der Waals surface area contributed by atoms with Crippen molar-refractivity contribution in [2.45, 2.75) is 4.90 Å². The summed E-state index contributed by atoms with van der Waals surface area (Å²) < 4.78 is 32.8. The summed E-state index contributed by atoms with van der Waals surface area (Å²) in [4.78, 5) is -0.0873. The molecule has 0 radical (unpaired) electrons. The Balaban J connectivity index is 0.00000161. The first kappa shape index (κ1) is 16.0. The second-order valence-corrected chi connectivity index (χ2v) is 5.90. The maximum atomic E-state index is 11.7. The van der Waals surface area contributed by atoms with Gasteiger partial charge in [-0.1, -0.05) is 61.2 Å². The lowest BCUT2D eigenvalue weighted by Gasteiger charge is -2.10. The van der Waals surface area contributed by atoms with E-state index < -0.39 is 10.1 Å². The normalized spacial score (nSPS) is 11.3. The van der Waals surface area contributed by atoms with E-state index in [9.17, 15) is 13.0 Å². The fourth-order valence-electron chi connectivity index (χ4n) is 2.53. The van der Waals surface area contributed by atoms with E-state index in [1.54, 1.807) is 12.1 Å². The zero-order valence-electron chi connectivity index (χ0n) is 10.6. The molecule has 3 aromatic rings. The minimum atomic E-state index is -4.31. The second-order valence-electron chi connectivity index (χ2n) is 4.54. The highest BCUT2D eigenvalue weighted by atomic mass is 32.2. The van der Waals surface area contributed by atoms with Crippen molar-refractivity contribution >= 4 is 60.8 Å². The Morgan fingerprint density at radius 1 is 0.905 bits per heavy atom. The summed E-state index contributed by atoms with van der Waals surface area (Å²) in [6.07, 6.45) is 1.43. The van der Waals surface area contributed by atoms with Crippen molar-refractivity contribution in [1.29, 1.82) is 0 Å². The van der Waals surface area contributed by atoms with E-state index >= 15 is 0 Å². The van der Waals surface area contributed by atoms with Gasteiger partial charge in [-0.3, -0.25) is 4.55 Å². The van der Waals surface area contributed by atoms with Crippen molar-refractivity contribution in [3.63, 3.8) is 0 Å². The van der Waals surface area contributed by atoms with Crippen LogP contribution in [0.25, 0.3) is 27.6 Å². The summed E-state index contributed by atoms with van der Waals surface area (Å²) in [5.41, 5.74) is 0.398. The lowest BCUT2D eigenvalue weighted by molar-refractivity contribution is 0.484. The van der Waals surface area contributed by atoms with E-state index in [1.165, 1.54) is 6.08 Å². The van der Waals surface area contributed by atoms with E-state index in [-0.39, 0.29) is 27.9 Å². The molecule has 21 heavy (non-hydrogen) atoms. The molecular weight excluding hydrogens is 297 g/mol. The second kappa shape index (κ2) is 5.77. The number of hydrogen-bond acceptors (Lipinski definition) is 2. The monoisotopic (exact) mass is 310 g/mol. The summed E-state index contributed by atoms with van der Waals surface area (Å²) in [5.74, 6) is 0. The predicted molar refractivity (Wildman–Crippen MR) is 89.9 cm³/mol. The van der Waals surface area contributed by atoms with Crippen molar-refractivity contribution in [3.05, 3.63) is 60.7 Å². The van der Waals surface area contributed by atoms with Gasteiger partial charge in [-0.05, 0) is 21.7 Å². The van der Waals surface area contributed by atoms with Gasteiger partial charge in [0.1, 0.15) is 4.90 Å². The van der Waals surface area contributed by atoms with Crippen LogP contribution in [0, 0.1) is 0 Å². The Labute approximate surface area is 139 Å². The first-order valence-electron chi connectivity index (χ1n) is 6.07. The van der Waals surface area contributed by atoms with Crippen LogP contribution in [-0.4, -0.2) is 36.0 Å². The van der Waals surface area contributed by atoms with Gasteiger partial charge in [-0.15, -0.1) is 0 Å².